The molecule has 24 heavy (non-hydrogen) atoms. The zero-order chi connectivity index (χ0) is 17.0. The van der Waals surface area contributed by atoms with Gasteiger partial charge in [-0.05, 0) is 48.2 Å². The SMILES string of the molecule is Cc1cccc(NC(=O)NCC(O)(c2ccco2)c2cccs2)c1. The zero-order valence-corrected chi connectivity index (χ0v) is 14.0. The fourth-order valence-electron chi connectivity index (χ4n) is 2.43. The largest absolute Gasteiger partial charge is 0.466 e. The molecule has 2 amide bonds. The van der Waals surface area contributed by atoms with Crippen molar-refractivity contribution in [1.82, 2.24) is 5.32 Å². The van der Waals surface area contributed by atoms with Gasteiger partial charge in [0.2, 0.25) is 0 Å². The molecule has 0 spiro atoms. The number of carbonyl (C=O) groups is 1. The number of rotatable bonds is 5. The first-order valence-electron chi connectivity index (χ1n) is 7.50. The average molecular weight is 342 g/mol. The van der Waals surface area contributed by atoms with Crippen molar-refractivity contribution in [3.63, 3.8) is 0 Å². The van der Waals surface area contributed by atoms with Crippen molar-refractivity contribution in [2.75, 3.05) is 11.9 Å². The molecule has 2 aromatic heterocycles. The van der Waals surface area contributed by atoms with Gasteiger partial charge in [0.15, 0.2) is 5.60 Å². The predicted molar refractivity (Wildman–Crippen MR) is 94.2 cm³/mol. The van der Waals surface area contributed by atoms with E-state index in [4.69, 9.17) is 4.42 Å². The molecule has 0 aliphatic rings. The fourth-order valence-corrected chi connectivity index (χ4v) is 3.26. The molecule has 1 aromatic carbocycles. The molecule has 0 fully saturated rings. The van der Waals surface area contributed by atoms with Crippen LogP contribution < -0.4 is 10.6 Å². The number of furan rings is 1. The van der Waals surface area contributed by atoms with E-state index in [1.165, 1.54) is 17.6 Å². The predicted octanol–water partition coefficient (Wildman–Crippen LogP) is 3.71. The lowest BCUT2D eigenvalue weighted by Crippen LogP contribution is -2.42. The first-order valence-corrected chi connectivity index (χ1v) is 8.38. The Balaban J connectivity index is 1.71. The summed E-state index contributed by atoms with van der Waals surface area (Å²) < 4.78 is 5.37. The van der Waals surface area contributed by atoms with Crippen molar-refractivity contribution in [3.8, 4) is 0 Å². The van der Waals surface area contributed by atoms with Gasteiger partial charge in [-0.2, -0.15) is 0 Å². The quantitative estimate of drug-likeness (QED) is 0.662. The van der Waals surface area contributed by atoms with E-state index >= 15 is 0 Å². The number of amides is 2. The lowest BCUT2D eigenvalue weighted by molar-refractivity contribution is 0.0628. The molecule has 0 aliphatic heterocycles. The van der Waals surface area contributed by atoms with Gasteiger partial charge in [0, 0.05) is 10.6 Å². The molecule has 5 nitrogen and oxygen atoms in total. The van der Waals surface area contributed by atoms with E-state index in [0.29, 0.717) is 16.3 Å². The summed E-state index contributed by atoms with van der Waals surface area (Å²) in [6, 6.07) is 14.2. The number of aryl methyl sites for hydroxylation is 1. The summed E-state index contributed by atoms with van der Waals surface area (Å²) >= 11 is 1.40. The Labute approximate surface area is 143 Å². The molecule has 0 bridgehead atoms. The van der Waals surface area contributed by atoms with Gasteiger partial charge in [-0.25, -0.2) is 4.79 Å². The van der Waals surface area contributed by atoms with Gasteiger partial charge in [-0.15, -0.1) is 11.3 Å². The second-order valence-electron chi connectivity index (χ2n) is 5.49. The third-order valence-electron chi connectivity index (χ3n) is 3.64. The number of hydrogen-bond acceptors (Lipinski definition) is 4. The number of anilines is 1. The standard InChI is InChI=1S/C18H18N2O3S/c1-13-5-2-6-14(11-13)20-17(21)19-12-18(22,15-7-3-9-23-15)16-8-4-10-24-16/h2-11,22H,12H2,1H3,(H2,19,20,21). The van der Waals surface area contributed by atoms with Crippen LogP contribution in [-0.2, 0) is 5.60 Å². The minimum atomic E-state index is -1.40. The second-order valence-corrected chi connectivity index (χ2v) is 6.44. The van der Waals surface area contributed by atoms with Gasteiger partial charge >= 0.3 is 6.03 Å². The van der Waals surface area contributed by atoms with Gasteiger partial charge in [0.25, 0.3) is 0 Å². The summed E-state index contributed by atoms with van der Waals surface area (Å²) in [5.41, 5.74) is 0.352. The van der Waals surface area contributed by atoms with E-state index < -0.39 is 5.60 Å². The smallest absolute Gasteiger partial charge is 0.319 e. The number of nitrogens with one attached hydrogen (secondary N) is 2. The van der Waals surface area contributed by atoms with Gasteiger partial charge in [-0.3, -0.25) is 0 Å². The highest BCUT2D eigenvalue weighted by Crippen LogP contribution is 2.32. The number of carbonyl (C=O) groups excluding carboxylic acids is 1. The van der Waals surface area contributed by atoms with E-state index in [9.17, 15) is 9.90 Å². The molecule has 0 saturated carbocycles. The van der Waals surface area contributed by atoms with E-state index in [2.05, 4.69) is 10.6 Å². The highest BCUT2D eigenvalue weighted by molar-refractivity contribution is 7.10. The van der Waals surface area contributed by atoms with E-state index in [0.717, 1.165) is 5.56 Å². The molecule has 0 radical (unpaired) electrons. The molecule has 1 atom stereocenters. The summed E-state index contributed by atoms with van der Waals surface area (Å²) in [5, 5.41) is 18.4. The first kappa shape index (κ1) is 16.3. The maximum absolute atomic E-state index is 12.1. The lowest BCUT2D eigenvalue weighted by atomic mass is 9.99. The molecule has 0 saturated heterocycles. The molecule has 3 N–H and O–H groups in total. The monoisotopic (exact) mass is 342 g/mol. The number of benzene rings is 1. The van der Waals surface area contributed by atoms with E-state index in [-0.39, 0.29) is 12.6 Å². The Morgan fingerprint density at radius 2 is 2.12 bits per heavy atom. The Morgan fingerprint density at radius 1 is 1.25 bits per heavy atom. The summed E-state index contributed by atoms with van der Waals surface area (Å²) in [6.45, 7) is 1.95. The molecule has 0 aliphatic carbocycles. The fraction of sp³-hybridized carbons (Fsp3) is 0.167. The van der Waals surface area contributed by atoms with Crippen LogP contribution in [0.2, 0.25) is 0 Å². The molecular weight excluding hydrogens is 324 g/mol. The van der Waals surface area contributed by atoms with Gasteiger partial charge in [0.05, 0.1) is 12.8 Å². The van der Waals surface area contributed by atoms with Crippen LogP contribution in [0.5, 0.6) is 0 Å². The third-order valence-corrected chi connectivity index (χ3v) is 4.66. The van der Waals surface area contributed by atoms with Crippen molar-refractivity contribution in [2.45, 2.75) is 12.5 Å². The van der Waals surface area contributed by atoms with Crippen molar-refractivity contribution < 1.29 is 14.3 Å². The van der Waals surface area contributed by atoms with E-state index in [1.54, 1.807) is 12.1 Å². The Morgan fingerprint density at radius 3 is 2.79 bits per heavy atom. The maximum atomic E-state index is 12.1. The normalized spacial score (nSPS) is 13.2. The molecule has 6 heteroatoms. The molecule has 2 heterocycles. The van der Waals surface area contributed by atoms with Crippen molar-refractivity contribution in [3.05, 3.63) is 76.4 Å². The lowest BCUT2D eigenvalue weighted by Gasteiger charge is -2.25. The van der Waals surface area contributed by atoms with Crippen molar-refractivity contribution in [2.24, 2.45) is 0 Å². The number of hydrogen-bond donors (Lipinski definition) is 3. The van der Waals surface area contributed by atoms with Crippen LogP contribution in [-0.4, -0.2) is 17.7 Å². The van der Waals surface area contributed by atoms with Crippen LogP contribution in [0.15, 0.2) is 64.6 Å². The Bertz CT molecular complexity index is 763. The summed E-state index contributed by atoms with van der Waals surface area (Å²) in [6.07, 6.45) is 1.50. The first-order chi connectivity index (χ1) is 11.6. The molecule has 1 unspecified atom stereocenters. The highest BCUT2D eigenvalue weighted by atomic mass is 32.1. The third kappa shape index (κ3) is 3.50. The van der Waals surface area contributed by atoms with Gasteiger partial charge in [-0.1, -0.05) is 18.2 Å². The highest BCUT2D eigenvalue weighted by Gasteiger charge is 2.36. The molecule has 3 rings (SSSR count). The van der Waals surface area contributed by atoms with Gasteiger partial charge in [0.1, 0.15) is 5.76 Å². The van der Waals surface area contributed by atoms with Crippen LogP contribution in [0.3, 0.4) is 0 Å². The molecule has 3 aromatic rings. The van der Waals surface area contributed by atoms with Crippen LogP contribution in [0.25, 0.3) is 0 Å². The van der Waals surface area contributed by atoms with E-state index in [1.807, 2.05) is 48.7 Å². The summed E-state index contributed by atoms with van der Waals surface area (Å²) in [5.74, 6) is 0.390. The van der Waals surface area contributed by atoms with Crippen molar-refractivity contribution in [1.29, 1.82) is 0 Å². The zero-order valence-electron chi connectivity index (χ0n) is 13.2. The van der Waals surface area contributed by atoms with Gasteiger partial charge < -0.3 is 20.2 Å². The Hall–Kier alpha value is -2.57. The van der Waals surface area contributed by atoms with Crippen molar-refractivity contribution >= 4 is 23.1 Å². The average Bonchev–Trinajstić information content (AvgIpc) is 3.26. The second kappa shape index (κ2) is 6.90. The Kier molecular flexibility index (Phi) is 4.69. The maximum Gasteiger partial charge on any atom is 0.319 e. The number of urea groups is 1. The van der Waals surface area contributed by atoms with Crippen LogP contribution in [0.4, 0.5) is 10.5 Å². The minimum Gasteiger partial charge on any atom is -0.466 e. The van der Waals surface area contributed by atoms with Crippen LogP contribution in [0.1, 0.15) is 16.2 Å². The molecule has 124 valence electrons. The summed E-state index contributed by atoms with van der Waals surface area (Å²) in [7, 11) is 0. The topological polar surface area (TPSA) is 74.5 Å². The minimum absolute atomic E-state index is 0.00131. The number of thiophene rings is 1. The summed E-state index contributed by atoms with van der Waals surface area (Å²) in [4.78, 5) is 12.9. The molecular formula is C18H18N2O3S. The van der Waals surface area contributed by atoms with Crippen LogP contribution >= 0.6 is 11.3 Å². The van der Waals surface area contributed by atoms with Crippen LogP contribution in [0, 0.1) is 6.92 Å². The number of aliphatic hydroxyl groups is 1.